The van der Waals surface area contributed by atoms with Crippen molar-refractivity contribution in [2.24, 2.45) is 45.1 Å². The Hall–Kier alpha value is -6.05. The van der Waals surface area contributed by atoms with Gasteiger partial charge in [-0.15, -0.1) is 0 Å². The van der Waals surface area contributed by atoms with Gasteiger partial charge in [-0.3, -0.25) is 43.3 Å². The average Bonchev–Trinajstić information content (AvgIpc) is 3.87. The van der Waals surface area contributed by atoms with Crippen molar-refractivity contribution in [2.75, 3.05) is 45.8 Å². The number of halogens is 1. The lowest BCUT2D eigenvalue weighted by molar-refractivity contribution is -0.142. The molecule has 0 radical (unpaired) electrons. The molecule has 8 amide bonds. The number of hydrogen-bond acceptors (Lipinski definition) is 16. The number of carbonyl (C=O) groups excluding carboxylic acids is 8. The van der Waals surface area contributed by atoms with E-state index >= 15 is 0 Å². The molecule has 8 atom stereocenters. The lowest BCUT2D eigenvalue weighted by atomic mass is 10.0. The molecule has 1 saturated heterocycles. The second kappa shape index (κ2) is 34.4. The number of aliphatic hydroxyl groups excluding tert-OH is 1. The number of carboxylic acids is 1. The van der Waals surface area contributed by atoms with E-state index in [1.807, 2.05) is 0 Å². The number of benzene rings is 1. The average molecular weight is 1160 g/mol. The van der Waals surface area contributed by atoms with Gasteiger partial charge < -0.3 is 92.5 Å². The summed E-state index contributed by atoms with van der Waals surface area (Å²) >= 11 is 2.11. The summed E-state index contributed by atoms with van der Waals surface area (Å²) in [5, 5.41) is 37.8. The predicted molar refractivity (Wildman–Crippen MR) is 282 cm³/mol. The highest BCUT2D eigenvalue weighted by Gasteiger charge is 2.39. The number of aliphatic hydroxyl groups is 1. The van der Waals surface area contributed by atoms with E-state index in [0.29, 0.717) is 44.2 Å². The van der Waals surface area contributed by atoms with E-state index in [1.54, 1.807) is 24.3 Å². The van der Waals surface area contributed by atoms with Gasteiger partial charge in [0.05, 0.1) is 18.7 Å². The number of aliphatic carboxylic acids is 1. The maximum absolute atomic E-state index is 14.2. The maximum Gasteiger partial charge on any atom is 0.352 e. The molecule has 1 aliphatic heterocycles. The SMILES string of the molecule is C[C@H](NC(=O)[C@@H](NC(=O)[C@@H](N)CCCCN)[C@@H](O)CN)C(=O)NCC(=O)N[C@H](CCCN)C(=O)N1CCC[C@H]1C(=O)N[C@@H](Cc1ccc(I)cc1)C(=O)N[C@@H](CCCCN)C(=O)N/C(=C\CCN=C(N)N)C(=O)O. The van der Waals surface area contributed by atoms with E-state index in [2.05, 4.69) is 64.8 Å². The second-order valence-corrected chi connectivity index (χ2v) is 18.9. The highest BCUT2D eigenvalue weighted by molar-refractivity contribution is 14.1. The minimum absolute atomic E-state index is 0.0436. The number of carbonyl (C=O) groups is 9. The summed E-state index contributed by atoms with van der Waals surface area (Å²) < 4.78 is 0.902. The smallest absolute Gasteiger partial charge is 0.352 e. The molecule has 1 aromatic rings. The number of unbranched alkanes of at least 4 members (excludes halogenated alkanes) is 2. The molecule has 0 bridgehead atoms. The molecule has 2 rings (SSSR count). The molecular formula is C46H77IN16O11. The molecule has 0 saturated carbocycles. The lowest BCUT2D eigenvalue weighted by Gasteiger charge is -2.30. The molecule has 1 aliphatic rings. The zero-order valence-corrected chi connectivity index (χ0v) is 44.0. The first kappa shape index (κ1) is 64.1. The fraction of sp³-hybridized carbons (Fsp3) is 0.609. The molecule has 28 heteroatoms. The van der Waals surface area contributed by atoms with Crippen molar-refractivity contribution in [3.05, 3.63) is 45.2 Å². The molecule has 0 spiro atoms. The Morgan fingerprint density at radius 3 is 2.01 bits per heavy atom. The molecule has 74 heavy (non-hydrogen) atoms. The monoisotopic (exact) mass is 1160 g/mol. The van der Waals surface area contributed by atoms with Gasteiger partial charge in [0.1, 0.15) is 41.9 Å². The summed E-state index contributed by atoms with van der Waals surface area (Å²) in [5.41, 5.74) is 39.3. The van der Waals surface area contributed by atoms with E-state index in [9.17, 15) is 53.4 Å². The van der Waals surface area contributed by atoms with Crippen LogP contribution in [0, 0.1) is 3.57 Å². The molecule has 1 fully saturated rings. The summed E-state index contributed by atoms with van der Waals surface area (Å²) in [6, 6.07) is -1.58. The standard InChI is InChI=1S/C46H77IN16O11/c1-26(57-43(71)37(35(64)24-51)62-39(67)29(52)9-2-4-18-48)38(66)56-25-36(65)58-31(11-6-20-50)44(72)63-22-8-13-34(63)42(70)61-33(23-27-14-16-28(47)17-15-27)41(69)59-30(10-3-5-19-49)40(68)60-32(45(73)74)12-7-21-55-46(53)54/h12,14-17,26,29-31,33-35,37,64H,2-11,13,18-25,48-52H2,1H3,(H,56,66)(H,57,71)(H,58,65)(H,59,69)(H,60,68)(H,61,70)(H,62,67)(H,73,74)(H4,53,54,55)/b32-12-/t26-,29-,30-,31+,33-,34-,35-,37-/m0/s1. The number of aliphatic imine (C=N–C) groups is 1. The van der Waals surface area contributed by atoms with Crippen LogP contribution in [-0.2, 0) is 49.6 Å². The third kappa shape index (κ3) is 23.0. The normalized spacial score (nSPS) is 16.2. The summed E-state index contributed by atoms with van der Waals surface area (Å²) in [7, 11) is 0. The molecule has 0 aliphatic carbocycles. The van der Waals surface area contributed by atoms with Crippen LogP contribution in [0.4, 0.5) is 0 Å². The van der Waals surface area contributed by atoms with E-state index in [4.69, 9.17) is 40.1 Å². The number of likely N-dealkylation sites (tertiary alicyclic amines) is 1. The number of nitrogens with two attached hydrogens (primary N) is 7. The van der Waals surface area contributed by atoms with Gasteiger partial charge in [0, 0.05) is 29.6 Å². The summed E-state index contributed by atoms with van der Waals surface area (Å²) in [6.07, 6.45) is 3.00. The number of nitrogens with zero attached hydrogens (tertiary/aromatic N) is 2. The van der Waals surface area contributed by atoms with Crippen LogP contribution in [0.1, 0.15) is 83.1 Å². The first-order valence-corrected chi connectivity index (χ1v) is 25.6. The molecule has 0 unspecified atom stereocenters. The van der Waals surface area contributed by atoms with Crippen molar-refractivity contribution in [1.82, 2.24) is 42.1 Å². The summed E-state index contributed by atoms with van der Waals surface area (Å²) in [5.74, 6) is -7.87. The number of amides is 8. The van der Waals surface area contributed by atoms with Gasteiger partial charge in [0.25, 0.3) is 0 Å². The first-order valence-electron chi connectivity index (χ1n) is 24.5. The van der Waals surface area contributed by atoms with E-state index < -0.39 is 120 Å². The zero-order valence-electron chi connectivity index (χ0n) is 41.8. The Balaban J connectivity index is 2.25. The Labute approximate surface area is 444 Å². The van der Waals surface area contributed by atoms with Gasteiger partial charge in [-0.05, 0) is 131 Å². The fourth-order valence-corrected chi connectivity index (χ4v) is 7.93. The van der Waals surface area contributed by atoms with Gasteiger partial charge in [0.2, 0.25) is 47.3 Å². The zero-order chi connectivity index (χ0) is 55.3. The van der Waals surface area contributed by atoms with Crippen LogP contribution in [0.25, 0.3) is 0 Å². The highest BCUT2D eigenvalue weighted by atomic mass is 127. The molecular weight excluding hydrogens is 1080 g/mol. The largest absolute Gasteiger partial charge is 0.477 e. The van der Waals surface area contributed by atoms with Crippen molar-refractivity contribution in [3.63, 3.8) is 0 Å². The fourth-order valence-electron chi connectivity index (χ4n) is 7.57. The van der Waals surface area contributed by atoms with Crippen LogP contribution in [0.3, 0.4) is 0 Å². The van der Waals surface area contributed by atoms with Crippen LogP contribution < -0.4 is 77.4 Å². The highest BCUT2D eigenvalue weighted by Crippen LogP contribution is 2.21. The Bertz CT molecular complexity index is 2100. The molecule has 1 heterocycles. The van der Waals surface area contributed by atoms with Crippen LogP contribution in [0.2, 0.25) is 0 Å². The van der Waals surface area contributed by atoms with E-state index in [-0.39, 0.29) is 77.1 Å². The number of hydrogen-bond donors (Lipinski definition) is 16. The number of rotatable bonds is 34. The van der Waals surface area contributed by atoms with Crippen LogP contribution in [0.5, 0.6) is 0 Å². The quantitative estimate of drug-likeness (QED) is 0.0101. The number of nitrogens with one attached hydrogen (secondary N) is 7. The van der Waals surface area contributed by atoms with Gasteiger partial charge in [-0.25, -0.2) is 4.79 Å². The van der Waals surface area contributed by atoms with Gasteiger partial charge >= 0.3 is 5.97 Å². The maximum atomic E-state index is 14.2. The van der Waals surface area contributed by atoms with Gasteiger partial charge in [0.15, 0.2) is 5.96 Å². The summed E-state index contributed by atoms with van der Waals surface area (Å²) in [6.45, 7) is 1.23. The second-order valence-electron chi connectivity index (χ2n) is 17.6. The van der Waals surface area contributed by atoms with E-state index in [1.165, 1.54) is 17.9 Å². The van der Waals surface area contributed by atoms with Crippen molar-refractivity contribution in [3.8, 4) is 0 Å². The van der Waals surface area contributed by atoms with Crippen molar-refractivity contribution in [1.29, 1.82) is 0 Å². The molecule has 23 N–H and O–H groups in total. The van der Waals surface area contributed by atoms with Crippen molar-refractivity contribution in [2.45, 2.75) is 132 Å². The summed E-state index contributed by atoms with van der Waals surface area (Å²) in [4.78, 5) is 126. The topological polar surface area (TPSA) is 476 Å². The minimum atomic E-state index is -1.56. The Morgan fingerprint density at radius 1 is 0.770 bits per heavy atom. The van der Waals surface area contributed by atoms with Crippen LogP contribution in [0.15, 0.2) is 41.0 Å². The van der Waals surface area contributed by atoms with Crippen LogP contribution in [-0.4, -0.2) is 169 Å². The first-order chi connectivity index (χ1) is 35.2. The molecule has 0 aromatic heterocycles. The number of carboxylic acid groups (broad SMARTS) is 1. The third-order valence-corrected chi connectivity index (χ3v) is 12.4. The third-order valence-electron chi connectivity index (χ3n) is 11.7. The van der Waals surface area contributed by atoms with Crippen LogP contribution >= 0.6 is 22.6 Å². The van der Waals surface area contributed by atoms with Crippen molar-refractivity contribution < 1.29 is 53.4 Å². The molecule has 1 aromatic carbocycles. The Kier molecular flexibility index (Phi) is 29.8. The molecule has 414 valence electrons. The van der Waals surface area contributed by atoms with Gasteiger partial charge in [-0.2, -0.15) is 0 Å². The van der Waals surface area contributed by atoms with E-state index in [0.717, 1.165) is 3.57 Å². The lowest BCUT2D eigenvalue weighted by Crippen LogP contribution is -2.60. The Morgan fingerprint density at radius 2 is 1.41 bits per heavy atom. The molecule has 27 nitrogen and oxygen atoms in total. The van der Waals surface area contributed by atoms with Gasteiger partial charge in [-0.1, -0.05) is 24.6 Å². The predicted octanol–water partition coefficient (Wildman–Crippen LogP) is -5.22. The minimum Gasteiger partial charge on any atom is -0.477 e. The number of guanidine groups is 1. The van der Waals surface area contributed by atoms with Crippen molar-refractivity contribution >= 4 is 81.8 Å².